The summed E-state index contributed by atoms with van der Waals surface area (Å²) in [5.74, 6) is -0.106. The van der Waals surface area contributed by atoms with E-state index in [4.69, 9.17) is 4.74 Å². The minimum absolute atomic E-state index is 0.0545. The number of aromatic nitrogens is 3. The number of amides is 1. The Morgan fingerprint density at radius 3 is 2.68 bits per heavy atom. The summed E-state index contributed by atoms with van der Waals surface area (Å²) in [6.45, 7) is -0.706. The highest BCUT2D eigenvalue weighted by Gasteiger charge is 2.28. The fourth-order valence-electron chi connectivity index (χ4n) is 2.41. The van der Waals surface area contributed by atoms with E-state index in [1.54, 1.807) is 18.3 Å². The van der Waals surface area contributed by atoms with E-state index >= 15 is 0 Å². The van der Waals surface area contributed by atoms with Crippen molar-refractivity contribution in [2.45, 2.75) is 25.9 Å². The van der Waals surface area contributed by atoms with Crippen LogP contribution in [0.15, 0.2) is 61.1 Å². The molecular formula is C19H17F3N4O2. The summed E-state index contributed by atoms with van der Waals surface area (Å²) in [4.78, 5) is 16.2. The molecule has 146 valence electrons. The Kier molecular flexibility index (Phi) is 5.93. The van der Waals surface area contributed by atoms with Crippen LogP contribution < -0.4 is 10.1 Å². The predicted octanol–water partition coefficient (Wildman–Crippen LogP) is 3.35. The van der Waals surface area contributed by atoms with Crippen molar-refractivity contribution in [1.29, 1.82) is 0 Å². The van der Waals surface area contributed by atoms with Crippen LogP contribution in [0.3, 0.4) is 0 Å². The second kappa shape index (κ2) is 8.55. The maximum Gasteiger partial charge on any atom is 0.408 e. The smallest absolute Gasteiger partial charge is 0.408 e. The van der Waals surface area contributed by atoms with Crippen molar-refractivity contribution >= 4 is 5.91 Å². The molecule has 2 heterocycles. The van der Waals surface area contributed by atoms with E-state index in [0.29, 0.717) is 17.2 Å². The number of hydrogen-bond donors (Lipinski definition) is 1. The average Bonchev–Trinajstić information content (AvgIpc) is 3.12. The van der Waals surface area contributed by atoms with Crippen LogP contribution in [0, 0.1) is 0 Å². The molecule has 2 aromatic heterocycles. The van der Waals surface area contributed by atoms with Crippen LogP contribution in [0.1, 0.15) is 21.5 Å². The van der Waals surface area contributed by atoms with Gasteiger partial charge < -0.3 is 10.1 Å². The lowest BCUT2D eigenvalue weighted by molar-refractivity contribution is -0.142. The molecule has 0 saturated heterocycles. The van der Waals surface area contributed by atoms with Crippen molar-refractivity contribution < 1.29 is 22.7 Å². The molecule has 0 atom stereocenters. The lowest BCUT2D eigenvalue weighted by atomic mass is 10.2. The maximum atomic E-state index is 12.4. The van der Waals surface area contributed by atoms with Gasteiger partial charge in [-0.05, 0) is 17.2 Å². The third-order valence-electron chi connectivity index (χ3n) is 3.72. The number of hydrogen-bond acceptors (Lipinski definition) is 4. The Morgan fingerprint density at radius 2 is 1.93 bits per heavy atom. The summed E-state index contributed by atoms with van der Waals surface area (Å²) in [5, 5.41) is 6.19. The van der Waals surface area contributed by atoms with Crippen molar-refractivity contribution in [1.82, 2.24) is 20.1 Å². The van der Waals surface area contributed by atoms with Crippen LogP contribution in [0.25, 0.3) is 0 Å². The number of nitrogens with zero attached hydrogens (tertiary/aromatic N) is 3. The van der Waals surface area contributed by atoms with Gasteiger partial charge in [0.05, 0.1) is 11.8 Å². The van der Waals surface area contributed by atoms with Gasteiger partial charge in [0.2, 0.25) is 5.88 Å². The molecule has 9 heteroatoms. The van der Waals surface area contributed by atoms with E-state index < -0.39 is 18.6 Å². The second-order valence-corrected chi connectivity index (χ2v) is 6.00. The van der Waals surface area contributed by atoms with Gasteiger partial charge in [-0.25, -0.2) is 4.98 Å². The van der Waals surface area contributed by atoms with Crippen LogP contribution in [0.5, 0.6) is 5.88 Å². The Bertz CT molecular complexity index is 926. The summed E-state index contributed by atoms with van der Waals surface area (Å²) in [5.41, 5.74) is 1.80. The maximum absolute atomic E-state index is 12.4. The van der Waals surface area contributed by atoms with E-state index in [2.05, 4.69) is 15.4 Å². The quantitative estimate of drug-likeness (QED) is 0.672. The Morgan fingerprint density at radius 1 is 1.14 bits per heavy atom. The lowest BCUT2D eigenvalue weighted by Gasteiger charge is -2.08. The lowest BCUT2D eigenvalue weighted by Crippen LogP contribution is -2.22. The number of rotatable bonds is 7. The molecule has 0 unspecified atom stereocenters. The van der Waals surface area contributed by atoms with E-state index in [0.717, 1.165) is 23.5 Å². The fraction of sp³-hybridized carbons (Fsp3) is 0.211. The van der Waals surface area contributed by atoms with Crippen LogP contribution in [0.2, 0.25) is 0 Å². The first-order chi connectivity index (χ1) is 13.4. The summed E-state index contributed by atoms with van der Waals surface area (Å²) >= 11 is 0. The number of alkyl halides is 3. The molecule has 0 radical (unpaired) electrons. The van der Waals surface area contributed by atoms with Crippen molar-refractivity contribution in [3.05, 3.63) is 77.7 Å². The minimum atomic E-state index is -4.40. The van der Waals surface area contributed by atoms with Crippen LogP contribution in [-0.4, -0.2) is 26.8 Å². The first kappa shape index (κ1) is 19.4. The van der Waals surface area contributed by atoms with Gasteiger partial charge in [0, 0.05) is 25.0 Å². The van der Waals surface area contributed by atoms with E-state index in [-0.39, 0.29) is 12.1 Å². The normalized spacial score (nSPS) is 11.2. The molecule has 0 saturated carbocycles. The number of carbonyl (C=O) groups excluding carboxylic acids is 1. The van der Waals surface area contributed by atoms with E-state index in [1.165, 1.54) is 0 Å². The van der Waals surface area contributed by atoms with E-state index in [9.17, 15) is 18.0 Å². The average molecular weight is 390 g/mol. The SMILES string of the molecule is O=C(NCc1ccnc(OCc2ccccc2)c1)c1cnn(CC(F)(F)F)c1. The molecule has 0 bridgehead atoms. The number of nitrogens with one attached hydrogen (secondary N) is 1. The van der Waals surface area contributed by atoms with Gasteiger partial charge in [0.25, 0.3) is 5.91 Å². The molecule has 1 amide bonds. The molecule has 0 spiro atoms. The van der Waals surface area contributed by atoms with Gasteiger partial charge in [-0.15, -0.1) is 0 Å². The molecule has 6 nitrogen and oxygen atoms in total. The van der Waals surface area contributed by atoms with Crippen LogP contribution in [0.4, 0.5) is 13.2 Å². The van der Waals surface area contributed by atoms with Crippen molar-refractivity contribution in [2.24, 2.45) is 0 Å². The van der Waals surface area contributed by atoms with Crippen molar-refractivity contribution in [3.63, 3.8) is 0 Å². The molecule has 0 aliphatic rings. The van der Waals surface area contributed by atoms with Gasteiger partial charge in [0.15, 0.2) is 0 Å². The van der Waals surface area contributed by atoms with Gasteiger partial charge in [-0.1, -0.05) is 30.3 Å². The standard InChI is InChI=1S/C19H17F3N4O2/c20-19(21,22)13-26-11-16(10-25-26)18(27)24-9-15-6-7-23-17(8-15)28-12-14-4-2-1-3-5-14/h1-8,10-11H,9,12-13H2,(H,24,27). The number of carbonyl (C=O) groups is 1. The molecule has 0 aliphatic carbocycles. The van der Waals surface area contributed by atoms with Crippen molar-refractivity contribution in [2.75, 3.05) is 0 Å². The zero-order valence-corrected chi connectivity index (χ0v) is 14.7. The summed E-state index contributed by atoms with van der Waals surface area (Å²) in [6.07, 6.45) is -0.679. The molecule has 1 N–H and O–H groups in total. The molecule has 3 rings (SSSR count). The highest BCUT2D eigenvalue weighted by Crippen LogP contribution is 2.17. The summed E-state index contributed by atoms with van der Waals surface area (Å²) in [6, 6.07) is 13.0. The molecule has 0 fully saturated rings. The minimum Gasteiger partial charge on any atom is -0.473 e. The molecule has 1 aromatic carbocycles. The number of pyridine rings is 1. The van der Waals surface area contributed by atoms with Gasteiger partial charge in [-0.3, -0.25) is 9.48 Å². The Balaban J connectivity index is 1.53. The largest absolute Gasteiger partial charge is 0.473 e. The summed E-state index contributed by atoms with van der Waals surface area (Å²) < 4.78 is 43.4. The third-order valence-corrected chi connectivity index (χ3v) is 3.72. The zero-order valence-electron chi connectivity index (χ0n) is 14.7. The second-order valence-electron chi connectivity index (χ2n) is 6.00. The van der Waals surface area contributed by atoms with E-state index in [1.807, 2.05) is 30.3 Å². The molecule has 0 aliphatic heterocycles. The highest BCUT2D eigenvalue weighted by atomic mass is 19.4. The highest BCUT2D eigenvalue weighted by molar-refractivity contribution is 5.93. The number of ether oxygens (including phenoxy) is 1. The third kappa shape index (κ3) is 5.83. The number of benzene rings is 1. The zero-order chi connectivity index (χ0) is 20.0. The predicted molar refractivity (Wildman–Crippen MR) is 94.5 cm³/mol. The number of halogens is 3. The molecule has 3 aromatic rings. The fourth-order valence-corrected chi connectivity index (χ4v) is 2.41. The van der Waals surface area contributed by atoms with Gasteiger partial charge >= 0.3 is 6.18 Å². The van der Waals surface area contributed by atoms with Crippen LogP contribution >= 0.6 is 0 Å². The first-order valence-corrected chi connectivity index (χ1v) is 8.38. The monoisotopic (exact) mass is 390 g/mol. The van der Waals surface area contributed by atoms with Crippen LogP contribution in [-0.2, 0) is 19.7 Å². The molecule has 28 heavy (non-hydrogen) atoms. The topological polar surface area (TPSA) is 69.0 Å². The van der Waals surface area contributed by atoms with Crippen molar-refractivity contribution in [3.8, 4) is 5.88 Å². The first-order valence-electron chi connectivity index (χ1n) is 8.38. The Labute approximate surface area is 159 Å². The Hall–Kier alpha value is -3.36. The summed E-state index contributed by atoms with van der Waals surface area (Å²) in [7, 11) is 0. The molecular weight excluding hydrogens is 373 g/mol. The van der Waals surface area contributed by atoms with Gasteiger partial charge in [0.1, 0.15) is 13.2 Å². The van der Waals surface area contributed by atoms with Gasteiger partial charge in [-0.2, -0.15) is 18.3 Å².